The zero-order valence-corrected chi connectivity index (χ0v) is 15.3. The number of fused-ring (bicyclic) bond motifs is 2. The van der Waals surface area contributed by atoms with Crippen LogP contribution in [0.3, 0.4) is 0 Å². The maximum Gasteiger partial charge on any atom is 0.244 e. The van der Waals surface area contributed by atoms with Gasteiger partial charge in [0.2, 0.25) is 18.5 Å². The van der Waals surface area contributed by atoms with Crippen molar-refractivity contribution in [1.82, 2.24) is 10.5 Å². The number of nitrogens with zero attached hydrogens (tertiary/aromatic N) is 1. The molecule has 1 amide bonds. The summed E-state index contributed by atoms with van der Waals surface area (Å²) in [6.07, 6.45) is 3.16. The lowest BCUT2D eigenvalue weighted by Crippen LogP contribution is -2.20. The minimum absolute atomic E-state index is 0.219. The highest BCUT2D eigenvalue weighted by Gasteiger charge is 2.13. The monoisotopic (exact) mass is 388 g/mol. The van der Waals surface area contributed by atoms with Gasteiger partial charge in [0, 0.05) is 17.5 Å². The highest BCUT2D eigenvalue weighted by atomic mass is 16.7. The molecule has 0 radical (unpaired) electrons. The summed E-state index contributed by atoms with van der Waals surface area (Å²) in [4.78, 5) is 12.1. The van der Waals surface area contributed by atoms with Crippen LogP contribution < -0.4 is 14.8 Å². The lowest BCUT2D eigenvalue weighted by atomic mass is 10.2. The van der Waals surface area contributed by atoms with Crippen LogP contribution in [0, 0.1) is 0 Å². The number of hydrogen-bond donors (Lipinski definition) is 1. The number of ether oxygens (including phenoxy) is 2. The fourth-order valence-electron chi connectivity index (χ4n) is 3.04. The summed E-state index contributed by atoms with van der Waals surface area (Å²) in [6.45, 7) is 0.463. The van der Waals surface area contributed by atoms with Crippen molar-refractivity contribution in [3.05, 3.63) is 71.9 Å². The predicted molar refractivity (Wildman–Crippen MR) is 105 cm³/mol. The molecule has 7 nitrogen and oxygen atoms in total. The number of nitrogens with one attached hydrogen (secondary N) is 1. The van der Waals surface area contributed by atoms with Crippen molar-refractivity contribution in [2.75, 3.05) is 6.79 Å². The van der Waals surface area contributed by atoms with Crippen molar-refractivity contribution in [2.24, 2.45) is 0 Å². The third-order valence-electron chi connectivity index (χ3n) is 4.49. The van der Waals surface area contributed by atoms with E-state index in [1.165, 1.54) is 6.08 Å². The van der Waals surface area contributed by atoms with E-state index in [2.05, 4.69) is 10.5 Å². The number of benzene rings is 2. The molecule has 7 heteroatoms. The Kier molecular flexibility index (Phi) is 4.25. The zero-order valence-electron chi connectivity index (χ0n) is 15.3. The first kappa shape index (κ1) is 17.1. The van der Waals surface area contributed by atoms with E-state index in [0.29, 0.717) is 28.7 Å². The van der Waals surface area contributed by atoms with Gasteiger partial charge in [0.1, 0.15) is 11.3 Å². The van der Waals surface area contributed by atoms with Gasteiger partial charge in [-0.15, -0.1) is 0 Å². The van der Waals surface area contributed by atoms with Crippen LogP contribution >= 0.6 is 0 Å². The Morgan fingerprint density at radius 3 is 2.86 bits per heavy atom. The normalized spacial score (nSPS) is 12.7. The molecule has 0 atom stereocenters. The van der Waals surface area contributed by atoms with E-state index in [0.717, 1.165) is 16.5 Å². The van der Waals surface area contributed by atoms with E-state index in [9.17, 15) is 4.79 Å². The first-order valence-corrected chi connectivity index (χ1v) is 9.05. The Labute approximate surface area is 165 Å². The Morgan fingerprint density at radius 2 is 1.93 bits per heavy atom. The van der Waals surface area contributed by atoms with Gasteiger partial charge >= 0.3 is 0 Å². The standard InChI is InChI=1S/C22H16N2O5/c25-22(8-6-14-5-7-18-19(9-14)27-13-26-18)23-12-16-11-21(29-24-16)20-10-15-3-1-2-4-17(15)28-20/h1-11H,12-13H2,(H,23,25). The molecule has 5 rings (SSSR count). The number of rotatable bonds is 5. The van der Waals surface area contributed by atoms with Gasteiger partial charge in [-0.3, -0.25) is 4.79 Å². The van der Waals surface area contributed by atoms with Crippen LogP contribution in [0.15, 0.2) is 69.6 Å². The molecule has 0 saturated carbocycles. The number of hydrogen-bond acceptors (Lipinski definition) is 6. The summed E-state index contributed by atoms with van der Waals surface area (Å²) in [5, 5.41) is 7.75. The second-order valence-electron chi connectivity index (χ2n) is 6.49. The highest BCUT2D eigenvalue weighted by Crippen LogP contribution is 2.32. The smallest absolute Gasteiger partial charge is 0.244 e. The van der Waals surface area contributed by atoms with Gasteiger partial charge in [0.15, 0.2) is 17.3 Å². The molecule has 144 valence electrons. The molecule has 29 heavy (non-hydrogen) atoms. The van der Waals surface area contributed by atoms with Gasteiger partial charge in [-0.2, -0.15) is 0 Å². The molecule has 0 bridgehead atoms. The molecule has 1 aliphatic rings. The number of amides is 1. The molecule has 0 fully saturated rings. The van der Waals surface area contributed by atoms with Crippen LogP contribution in [0.25, 0.3) is 28.6 Å². The van der Waals surface area contributed by atoms with Gasteiger partial charge in [-0.05, 0) is 35.9 Å². The summed E-state index contributed by atoms with van der Waals surface area (Å²) in [5.41, 5.74) is 2.23. The first-order valence-electron chi connectivity index (χ1n) is 9.05. The maximum atomic E-state index is 12.1. The minimum Gasteiger partial charge on any atom is -0.454 e. The van der Waals surface area contributed by atoms with Crippen molar-refractivity contribution < 1.29 is 23.2 Å². The van der Waals surface area contributed by atoms with Crippen LogP contribution in [0.1, 0.15) is 11.3 Å². The number of carbonyl (C=O) groups is 1. The van der Waals surface area contributed by atoms with Gasteiger partial charge in [0.25, 0.3) is 0 Å². The van der Waals surface area contributed by atoms with Crippen LogP contribution in [-0.2, 0) is 11.3 Å². The molecule has 0 aliphatic carbocycles. The van der Waals surface area contributed by atoms with Crippen molar-refractivity contribution in [2.45, 2.75) is 6.54 Å². The summed E-state index contributed by atoms with van der Waals surface area (Å²) in [7, 11) is 0. The summed E-state index contributed by atoms with van der Waals surface area (Å²) in [5.74, 6) is 2.25. The summed E-state index contributed by atoms with van der Waals surface area (Å²) in [6, 6.07) is 16.8. The summed E-state index contributed by atoms with van der Waals surface area (Å²) < 4.78 is 21.7. The molecule has 1 N–H and O–H groups in total. The van der Waals surface area contributed by atoms with E-state index in [1.807, 2.05) is 48.5 Å². The number of carbonyl (C=O) groups excluding carboxylic acids is 1. The molecule has 0 unspecified atom stereocenters. The van der Waals surface area contributed by atoms with Crippen LogP contribution in [-0.4, -0.2) is 17.9 Å². The van der Waals surface area contributed by atoms with E-state index in [-0.39, 0.29) is 19.2 Å². The van der Waals surface area contributed by atoms with Crippen LogP contribution in [0.2, 0.25) is 0 Å². The lowest BCUT2D eigenvalue weighted by molar-refractivity contribution is -0.116. The second-order valence-corrected chi connectivity index (χ2v) is 6.49. The molecule has 2 aromatic heterocycles. The molecular weight excluding hydrogens is 372 g/mol. The Hall–Kier alpha value is -4.00. The summed E-state index contributed by atoms with van der Waals surface area (Å²) >= 11 is 0. The molecule has 4 aromatic rings. The van der Waals surface area contributed by atoms with Gasteiger partial charge in [0.05, 0.1) is 6.54 Å². The van der Waals surface area contributed by atoms with E-state index < -0.39 is 0 Å². The molecule has 0 saturated heterocycles. The topological polar surface area (TPSA) is 86.7 Å². The van der Waals surface area contributed by atoms with Crippen LogP contribution in [0.5, 0.6) is 11.5 Å². The van der Waals surface area contributed by atoms with E-state index >= 15 is 0 Å². The van der Waals surface area contributed by atoms with Crippen molar-refractivity contribution in [1.29, 1.82) is 0 Å². The van der Waals surface area contributed by atoms with Gasteiger partial charge in [-0.25, -0.2) is 0 Å². The number of para-hydroxylation sites is 1. The van der Waals surface area contributed by atoms with Crippen LogP contribution in [0.4, 0.5) is 0 Å². The highest BCUT2D eigenvalue weighted by molar-refractivity contribution is 5.91. The van der Waals surface area contributed by atoms with Crippen molar-refractivity contribution >= 4 is 23.0 Å². The lowest BCUT2D eigenvalue weighted by Gasteiger charge is -1.99. The maximum absolute atomic E-state index is 12.1. The minimum atomic E-state index is -0.240. The van der Waals surface area contributed by atoms with E-state index in [1.54, 1.807) is 12.1 Å². The van der Waals surface area contributed by atoms with Crippen molar-refractivity contribution in [3.8, 4) is 23.0 Å². The van der Waals surface area contributed by atoms with Crippen molar-refractivity contribution in [3.63, 3.8) is 0 Å². The largest absolute Gasteiger partial charge is 0.454 e. The molecule has 3 heterocycles. The fourth-order valence-corrected chi connectivity index (χ4v) is 3.04. The molecule has 2 aromatic carbocycles. The SMILES string of the molecule is O=C(C=Cc1ccc2c(c1)OCO2)NCc1cc(-c2cc3ccccc3o2)on1. The second kappa shape index (κ2) is 7.20. The molecular formula is C22H16N2O5. The number of aromatic nitrogens is 1. The average molecular weight is 388 g/mol. The zero-order chi connectivity index (χ0) is 19.6. The Balaban J connectivity index is 1.21. The Bertz CT molecular complexity index is 1190. The average Bonchev–Trinajstić information content (AvgIpc) is 3.48. The van der Waals surface area contributed by atoms with Gasteiger partial charge in [-0.1, -0.05) is 29.4 Å². The molecule has 0 spiro atoms. The predicted octanol–water partition coefficient (Wildman–Crippen LogP) is 4.15. The van der Waals surface area contributed by atoms with Gasteiger partial charge < -0.3 is 23.7 Å². The number of furan rings is 1. The Morgan fingerprint density at radius 1 is 1.03 bits per heavy atom. The third-order valence-corrected chi connectivity index (χ3v) is 4.49. The third kappa shape index (κ3) is 3.58. The first-order chi connectivity index (χ1) is 14.2. The molecule has 1 aliphatic heterocycles. The fraction of sp³-hybridized carbons (Fsp3) is 0.0909. The van der Waals surface area contributed by atoms with E-state index in [4.69, 9.17) is 18.4 Å². The quantitative estimate of drug-likeness (QED) is 0.517.